The summed E-state index contributed by atoms with van der Waals surface area (Å²) in [5.74, 6) is -0.812. The average molecular weight is 318 g/mol. The van der Waals surface area contributed by atoms with Gasteiger partial charge in [-0.05, 0) is 48.2 Å². The molecular formula is C18H22O5. The number of rotatable bonds is 3. The van der Waals surface area contributed by atoms with Crippen molar-refractivity contribution in [2.24, 2.45) is 17.3 Å². The Morgan fingerprint density at radius 1 is 1.30 bits per heavy atom. The van der Waals surface area contributed by atoms with Gasteiger partial charge in [-0.1, -0.05) is 26.8 Å². The number of carbonyl (C=O) groups excluding carboxylic acids is 3. The Bertz CT molecular complexity index is 620. The van der Waals surface area contributed by atoms with Crippen LogP contribution in [0, 0.1) is 17.3 Å². The van der Waals surface area contributed by atoms with Gasteiger partial charge in [0.05, 0.1) is 6.42 Å². The lowest BCUT2D eigenvalue weighted by atomic mass is 9.83. The van der Waals surface area contributed by atoms with E-state index in [1.54, 1.807) is 0 Å². The third kappa shape index (κ3) is 3.23. The summed E-state index contributed by atoms with van der Waals surface area (Å²) in [7, 11) is 0. The maximum atomic E-state index is 12.6. The highest BCUT2D eigenvalue weighted by molar-refractivity contribution is 5.99. The van der Waals surface area contributed by atoms with E-state index in [-0.39, 0.29) is 6.42 Å². The first-order valence-corrected chi connectivity index (χ1v) is 8.13. The Kier molecular flexibility index (Phi) is 3.90. The van der Waals surface area contributed by atoms with Crippen LogP contribution in [0.1, 0.15) is 46.5 Å². The molecule has 0 spiro atoms. The molecule has 2 fully saturated rings. The molecule has 3 unspecified atom stereocenters. The molecule has 0 aromatic heterocycles. The standard InChI is InChI=1S/C18H22O5/c1-18(2,3)13(8-12-7-10-4-5-11(12)6-10)16(20)22-14-9-15(19)23-17(14)21/h7-8,10-11,14H,4-6,9H2,1-3H3. The maximum Gasteiger partial charge on any atom is 0.355 e. The van der Waals surface area contributed by atoms with Crippen molar-refractivity contribution < 1.29 is 23.9 Å². The van der Waals surface area contributed by atoms with Crippen molar-refractivity contribution in [3.8, 4) is 0 Å². The number of ether oxygens (including phenoxy) is 2. The van der Waals surface area contributed by atoms with Gasteiger partial charge in [-0.25, -0.2) is 9.59 Å². The molecule has 0 radical (unpaired) electrons. The molecular weight excluding hydrogens is 296 g/mol. The van der Waals surface area contributed by atoms with Gasteiger partial charge in [0.2, 0.25) is 6.10 Å². The zero-order valence-electron chi connectivity index (χ0n) is 13.8. The number of cyclic esters (lactones) is 2. The zero-order chi connectivity index (χ0) is 16.8. The quantitative estimate of drug-likeness (QED) is 0.454. The van der Waals surface area contributed by atoms with Crippen LogP contribution in [0.4, 0.5) is 0 Å². The largest absolute Gasteiger partial charge is 0.446 e. The topological polar surface area (TPSA) is 69.7 Å². The van der Waals surface area contributed by atoms with Crippen LogP contribution in [-0.2, 0) is 23.9 Å². The summed E-state index contributed by atoms with van der Waals surface area (Å²) in [6, 6.07) is 0. The van der Waals surface area contributed by atoms with Crippen molar-refractivity contribution in [3.63, 3.8) is 0 Å². The molecule has 2 bridgehead atoms. The fourth-order valence-electron chi connectivity index (χ4n) is 3.53. The fraction of sp³-hybridized carbons (Fsp3) is 0.611. The highest BCUT2D eigenvalue weighted by Gasteiger charge is 2.39. The van der Waals surface area contributed by atoms with Crippen LogP contribution in [0.2, 0.25) is 0 Å². The third-order valence-electron chi connectivity index (χ3n) is 4.79. The monoisotopic (exact) mass is 318 g/mol. The highest BCUT2D eigenvalue weighted by atomic mass is 16.6. The van der Waals surface area contributed by atoms with E-state index in [4.69, 9.17) is 4.74 Å². The molecule has 5 heteroatoms. The lowest BCUT2D eigenvalue weighted by Gasteiger charge is -2.23. The summed E-state index contributed by atoms with van der Waals surface area (Å²) < 4.78 is 9.67. The number of fused-ring (bicyclic) bond motifs is 2. The second-order valence-corrected chi connectivity index (χ2v) is 7.64. The minimum atomic E-state index is -1.12. The number of carbonyl (C=O) groups is 3. The van der Waals surface area contributed by atoms with E-state index in [2.05, 4.69) is 10.8 Å². The van der Waals surface area contributed by atoms with E-state index in [9.17, 15) is 14.4 Å². The summed E-state index contributed by atoms with van der Waals surface area (Å²) in [5.41, 5.74) is 1.32. The first kappa shape index (κ1) is 16.0. The molecule has 1 saturated heterocycles. The normalized spacial score (nSPS) is 30.5. The van der Waals surface area contributed by atoms with E-state index in [0.717, 1.165) is 0 Å². The Labute approximate surface area is 135 Å². The number of hydrogen-bond donors (Lipinski definition) is 0. The molecule has 5 nitrogen and oxygen atoms in total. The van der Waals surface area contributed by atoms with E-state index < -0.39 is 29.4 Å². The van der Waals surface area contributed by atoms with Crippen molar-refractivity contribution in [2.45, 2.75) is 52.6 Å². The van der Waals surface area contributed by atoms with Gasteiger partial charge in [0.15, 0.2) is 0 Å². The molecule has 1 heterocycles. The smallest absolute Gasteiger partial charge is 0.355 e. The van der Waals surface area contributed by atoms with Crippen molar-refractivity contribution in [2.75, 3.05) is 0 Å². The Balaban J connectivity index is 1.80. The van der Waals surface area contributed by atoms with Crippen molar-refractivity contribution in [1.29, 1.82) is 0 Å². The Morgan fingerprint density at radius 3 is 2.52 bits per heavy atom. The van der Waals surface area contributed by atoms with E-state index in [1.807, 2.05) is 26.8 Å². The van der Waals surface area contributed by atoms with Crippen molar-refractivity contribution in [1.82, 2.24) is 0 Å². The Hall–Kier alpha value is -1.91. The third-order valence-corrected chi connectivity index (χ3v) is 4.79. The molecule has 0 N–H and O–H groups in total. The van der Waals surface area contributed by atoms with Gasteiger partial charge < -0.3 is 9.47 Å². The molecule has 0 amide bonds. The van der Waals surface area contributed by atoms with Gasteiger partial charge in [0.25, 0.3) is 0 Å². The van der Waals surface area contributed by atoms with Crippen LogP contribution >= 0.6 is 0 Å². The molecule has 3 rings (SSSR count). The first-order valence-electron chi connectivity index (χ1n) is 8.13. The minimum absolute atomic E-state index is 0.199. The van der Waals surface area contributed by atoms with Crippen LogP contribution in [-0.4, -0.2) is 24.0 Å². The molecule has 2 aliphatic carbocycles. The molecule has 3 atom stereocenters. The molecule has 0 aromatic carbocycles. The maximum absolute atomic E-state index is 12.6. The summed E-state index contributed by atoms with van der Waals surface area (Å²) in [6.45, 7) is 5.81. The molecule has 124 valence electrons. The van der Waals surface area contributed by atoms with Gasteiger partial charge in [-0.15, -0.1) is 0 Å². The van der Waals surface area contributed by atoms with Gasteiger partial charge in [0, 0.05) is 5.57 Å². The zero-order valence-corrected chi connectivity index (χ0v) is 13.8. The lowest BCUT2D eigenvalue weighted by Crippen LogP contribution is -2.28. The fourth-order valence-corrected chi connectivity index (χ4v) is 3.53. The summed E-state index contributed by atoms with van der Waals surface area (Å²) in [5, 5.41) is 0. The average Bonchev–Trinajstić information content (AvgIpc) is 3.11. The second-order valence-electron chi connectivity index (χ2n) is 7.64. The first-order chi connectivity index (χ1) is 10.7. The van der Waals surface area contributed by atoms with Crippen LogP contribution in [0.15, 0.2) is 23.3 Å². The molecule has 3 aliphatic rings. The Morgan fingerprint density at radius 2 is 2.04 bits per heavy atom. The van der Waals surface area contributed by atoms with Crippen molar-refractivity contribution in [3.05, 3.63) is 23.3 Å². The summed E-state index contributed by atoms with van der Waals surface area (Å²) in [4.78, 5) is 35.2. The number of hydrogen-bond acceptors (Lipinski definition) is 5. The molecule has 23 heavy (non-hydrogen) atoms. The van der Waals surface area contributed by atoms with Crippen LogP contribution in [0.25, 0.3) is 0 Å². The highest BCUT2D eigenvalue weighted by Crippen LogP contribution is 2.45. The van der Waals surface area contributed by atoms with Gasteiger partial charge >= 0.3 is 17.9 Å². The van der Waals surface area contributed by atoms with E-state index in [1.165, 1.54) is 24.8 Å². The lowest BCUT2D eigenvalue weighted by molar-refractivity contribution is -0.161. The van der Waals surface area contributed by atoms with Crippen LogP contribution < -0.4 is 0 Å². The molecule has 1 saturated carbocycles. The number of esters is 3. The van der Waals surface area contributed by atoms with Crippen LogP contribution in [0.3, 0.4) is 0 Å². The van der Waals surface area contributed by atoms with Crippen LogP contribution in [0.5, 0.6) is 0 Å². The predicted molar refractivity (Wildman–Crippen MR) is 82.0 cm³/mol. The van der Waals surface area contributed by atoms with Gasteiger partial charge in [-0.3, -0.25) is 4.79 Å². The van der Waals surface area contributed by atoms with Gasteiger partial charge in [0.1, 0.15) is 0 Å². The summed E-state index contributed by atoms with van der Waals surface area (Å²) in [6.07, 6.45) is 6.43. The van der Waals surface area contributed by atoms with E-state index >= 15 is 0 Å². The minimum Gasteiger partial charge on any atom is -0.446 e. The van der Waals surface area contributed by atoms with Crippen molar-refractivity contribution >= 4 is 17.9 Å². The molecule has 0 aromatic rings. The molecule has 1 aliphatic heterocycles. The second kappa shape index (κ2) is 5.62. The van der Waals surface area contributed by atoms with Gasteiger partial charge in [-0.2, -0.15) is 0 Å². The summed E-state index contributed by atoms with van der Waals surface area (Å²) >= 11 is 0. The predicted octanol–water partition coefficient (Wildman–Crippen LogP) is 2.70. The number of allylic oxidation sites excluding steroid dienone is 3. The SMILES string of the molecule is CC(C)(C)C(=CC1=CC2CCC1C2)C(=O)OC1CC(=O)OC1=O. The van der Waals surface area contributed by atoms with E-state index in [0.29, 0.717) is 17.4 Å².